The van der Waals surface area contributed by atoms with Crippen LogP contribution in [-0.4, -0.2) is 59.8 Å². The summed E-state index contributed by atoms with van der Waals surface area (Å²) in [4.78, 5) is 31.6. The van der Waals surface area contributed by atoms with E-state index >= 15 is 0 Å². The van der Waals surface area contributed by atoms with Crippen LogP contribution in [0.1, 0.15) is 12.0 Å². The monoisotopic (exact) mass is 290 g/mol. The number of pyridine rings is 1. The van der Waals surface area contributed by atoms with Gasteiger partial charge in [-0.3, -0.25) is 14.6 Å². The highest BCUT2D eigenvalue weighted by atomic mass is 16.2. The van der Waals surface area contributed by atoms with E-state index in [0.29, 0.717) is 32.5 Å². The van der Waals surface area contributed by atoms with Crippen molar-refractivity contribution in [3.8, 4) is 0 Å². The van der Waals surface area contributed by atoms with Gasteiger partial charge in [0, 0.05) is 45.0 Å². The Bertz CT molecular complexity index is 492. The number of primary amides is 1. The quantitative estimate of drug-likeness (QED) is 0.839. The highest BCUT2D eigenvalue weighted by Gasteiger charge is 2.27. The predicted molar refractivity (Wildman–Crippen MR) is 79.3 cm³/mol. The highest BCUT2D eigenvalue weighted by molar-refractivity contribution is 5.80. The SMILES string of the molecule is CN1CCN(C(=O)CCc2cccnc2)CC(C(N)=O)C1. The summed E-state index contributed by atoms with van der Waals surface area (Å²) in [5.74, 6) is -0.561. The van der Waals surface area contributed by atoms with Gasteiger partial charge in [0.1, 0.15) is 0 Å². The van der Waals surface area contributed by atoms with E-state index in [4.69, 9.17) is 5.73 Å². The van der Waals surface area contributed by atoms with Gasteiger partial charge in [-0.1, -0.05) is 6.07 Å². The largest absolute Gasteiger partial charge is 0.369 e. The maximum absolute atomic E-state index is 12.3. The summed E-state index contributed by atoms with van der Waals surface area (Å²) in [6, 6.07) is 3.83. The Labute approximate surface area is 124 Å². The molecule has 1 aliphatic rings. The van der Waals surface area contributed by atoms with Gasteiger partial charge >= 0.3 is 0 Å². The van der Waals surface area contributed by atoms with Crippen molar-refractivity contribution in [3.05, 3.63) is 30.1 Å². The minimum atomic E-state index is -0.339. The molecule has 2 rings (SSSR count). The maximum Gasteiger partial charge on any atom is 0.223 e. The molecule has 0 aliphatic carbocycles. The van der Waals surface area contributed by atoms with E-state index in [0.717, 1.165) is 12.1 Å². The fourth-order valence-corrected chi connectivity index (χ4v) is 2.54. The number of aryl methyl sites for hydroxylation is 1. The average Bonchev–Trinajstić information content (AvgIpc) is 2.68. The molecular weight excluding hydrogens is 268 g/mol. The topological polar surface area (TPSA) is 79.5 Å². The molecule has 0 radical (unpaired) electrons. The van der Waals surface area contributed by atoms with Crippen LogP contribution in [0, 0.1) is 5.92 Å². The first-order valence-electron chi connectivity index (χ1n) is 7.21. The van der Waals surface area contributed by atoms with Crippen molar-refractivity contribution in [2.45, 2.75) is 12.8 Å². The summed E-state index contributed by atoms with van der Waals surface area (Å²) in [7, 11) is 1.94. The van der Waals surface area contributed by atoms with Gasteiger partial charge in [0.25, 0.3) is 0 Å². The van der Waals surface area contributed by atoms with Gasteiger partial charge in [0.05, 0.1) is 5.92 Å². The number of amides is 2. The van der Waals surface area contributed by atoms with Crippen LogP contribution in [0.25, 0.3) is 0 Å². The molecule has 6 nitrogen and oxygen atoms in total. The molecule has 1 aromatic rings. The van der Waals surface area contributed by atoms with Crippen molar-refractivity contribution in [2.24, 2.45) is 11.7 Å². The zero-order valence-electron chi connectivity index (χ0n) is 12.4. The van der Waals surface area contributed by atoms with Crippen LogP contribution in [0.15, 0.2) is 24.5 Å². The van der Waals surface area contributed by atoms with Crippen molar-refractivity contribution in [2.75, 3.05) is 33.2 Å². The molecule has 2 heterocycles. The van der Waals surface area contributed by atoms with Crippen LogP contribution < -0.4 is 5.73 Å². The van der Waals surface area contributed by atoms with Gasteiger partial charge < -0.3 is 15.5 Å². The summed E-state index contributed by atoms with van der Waals surface area (Å²) in [6.45, 7) is 2.45. The third-order valence-electron chi connectivity index (χ3n) is 3.83. The second kappa shape index (κ2) is 7.17. The number of carbonyl (C=O) groups excluding carboxylic acids is 2. The molecule has 114 valence electrons. The third kappa shape index (κ3) is 4.53. The molecule has 2 amide bonds. The molecule has 6 heteroatoms. The van der Waals surface area contributed by atoms with Crippen LogP contribution in [0.4, 0.5) is 0 Å². The summed E-state index contributed by atoms with van der Waals surface area (Å²) >= 11 is 0. The fourth-order valence-electron chi connectivity index (χ4n) is 2.54. The van der Waals surface area contributed by atoms with E-state index in [1.807, 2.05) is 24.1 Å². The van der Waals surface area contributed by atoms with E-state index in [1.54, 1.807) is 17.3 Å². The van der Waals surface area contributed by atoms with Gasteiger partial charge in [0.2, 0.25) is 11.8 Å². The van der Waals surface area contributed by atoms with E-state index in [1.165, 1.54) is 0 Å². The number of carbonyl (C=O) groups is 2. The molecule has 0 bridgehead atoms. The summed E-state index contributed by atoms with van der Waals surface area (Å²) in [5, 5.41) is 0. The number of hydrogen-bond donors (Lipinski definition) is 1. The zero-order chi connectivity index (χ0) is 15.2. The van der Waals surface area contributed by atoms with Crippen molar-refractivity contribution in [1.82, 2.24) is 14.8 Å². The van der Waals surface area contributed by atoms with Crippen LogP contribution in [0.3, 0.4) is 0 Å². The highest BCUT2D eigenvalue weighted by Crippen LogP contribution is 2.11. The lowest BCUT2D eigenvalue weighted by molar-refractivity contribution is -0.132. The lowest BCUT2D eigenvalue weighted by Gasteiger charge is -2.22. The number of nitrogens with two attached hydrogens (primary N) is 1. The molecule has 1 atom stereocenters. The zero-order valence-corrected chi connectivity index (χ0v) is 12.4. The molecular formula is C15H22N4O2. The Balaban J connectivity index is 1.92. The molecule has 1 aromatic heterocycles. The Morgan fingerprint density at radius 2 is 2.19 bits per heavy atom. The lowest BCUT2D eigenvalue weighted by Crippen LogP contribution is -2.40. The van der Waals surface area contributed by atoms with Gasteiger partial charge in [-0.15, -0.1) is 0 Å². The van der Waals surface area contributed by atoms with Gasteiger partial charge in [0.15, 0.2) is 0 Å². The number of nitrogens with zero attached hydrogens (tertiary/aromatic N) is 3. The Kier molecular flexibility index (Phi) is 5.27. The Hall–Kier alpha value is -1.95. The molecule has 0 aromatic carbocycles. The second-order valence-corrected chi connectivity index (χ2v) is 5.56. The number of likely N-dealkylation sites (N-methyl/N-ethyl adjacent to an activating group) is 1. The molecule has 1 saturated heterocycles. The molecule has 0 saturated carbocycles. The second-order valence-electron chi connectivity index (χ2n) is 5.56. The van der Waals surface area contributed by atoms with E-state index < -0.39 is 0 Å². The average molecular weight is 290 g/mol. The number of hydrogen-bond acceptors (Lipinski definition) is 4. The fraction of sp³-hybridized carbons (Fsp3) is 0.533. The Morgan fingerprint density at radius 3 is 2.86 bits per heavy atom. The van der Waals surface area contributed by atoms with Crippen LogP contribution in [0.5, 0.6) is 0 Å². The van der Waals surface area contributed by atoms with E-state index in [2.05, 4.69) is 4.98 Å². The van der Waals surface area contributed by atoms with E-state index in [9.17, 15) is 9.59 Å². The van der Waals surface area contributed by atoms with Crippen LogP contribution >= 0.6 is 0 Å². The molecule has 0 spiro atoms. The first kappa shape index (κ1) is 15.4. The standard InChI is InChI=1S/C15H22N4O2/c1-18-7-8-19(11-13(10-18)15(16)21)14(20)5-4-12-3-2-6-17-9-12/h2-3,6,9,13H,4-5,7-8,10-11H2,1H3,(H2,16,21). The van der Waals surface area contributed by atoms with Gasteiger partial charge in [-0.05, 0) is 25.1 Å². The van der Waals surface area contributed by atoms with Crippen LogP contribution in [0.2, 0.25) is 0 Å². The minimum Gasteiger partial charge on any atom is -0.369 e. The van der Waals surface area contributed by atoms with Crippen LogP contribution in [-0.2, 0) is 16.0 Å². The van der Waals surface area contributed by atoms with Crippen molar-refractivity contribution < 1.29 is 9.59 Å². The molecule has 1 aliphatic heterocycles. The van der Waals surface area contributed by atoms with E-state index in [-0.39, 0.29) is 17.7 Å². The van der Waals surface area contributed by atoms with Gasteiger partial charge in [-0.25, -0.2) is 0 Å². The van der Waals surface area contributed by atoms with Gasteiger partial charge in [-0.2, -0.15) is 0 Å². The molecule has 1 unspecified atom stereocenters. The maximum atomic E-state index is 12.3. The van der Waals surface area contributed by atoms with Crippen molar-refractivity contribution >= 4 is 11.8 Å². The van der Waals surface area contributed by atoms with Crippen molar-refractivity contribution in [1.29, 1.82) is 0 Å². The number of rotatable bonds is 4. The van der Waals surface area contributed by atoms with Crippen molar-refractivity contribution in [3.63, 3.8) is 0 Å². The summed E-state index contributed by atoms with van der Waals surface area (Å²) in [6.07, 6.45) is 4.59. The minimum absolute atomic E-state index is 0.0698. The third-order valence-corrected chi connectivity index (χ3v) is 3.83. The summed E-state index contributed by atoms with van der Waals surface area (Å²) in [5.41, 5.74) is 6.46. The lowest BCUT2D eigenvalue weighted by atomic mass is 10.1. The molecule has 21 heavy (non-hydrogen) atoms. The first-order valence-corrected chi connectivity index (χ1v) is 7.21. The number of aromatic nitrogens is 1. The Morgan fingerprint density at radius 1 is 1.38 bits per heavy atom. The smallest absolute Gasteiger partial charge is 0.223 e. The molecule has 2 N–H and O–H groups in total. The normalized spacial score (nSPS) is 20.0. The predicted octanol–water partition coefficient (Wildman–Crippen LogP) is -0.110. The summed E-state index contributed by atoms with van der Waals surface area (Å²) < 4.78 is 0. The first-order chi connectivity index (χ1) is 10.1. The molecule has 1 fully saturated rings.